The molecule has 3 unspecified atom stereocenters. The van der Waals surface area contributed by atoms with Crippen LogP contribution in [0.5, 0.6) is 0 Å². The first-order chi connectivity index (χ1) is 9.61. The zero-order valence-corrected chi connectivity index (χ0v) is 14.2. The van der Waals surface area contributed by atoms with E-state index in [9.17, 15) is 0 Å². The van der Waals surface area contributed by atoms with Crippen LogP contribution in [0.25, 0.3) is 11.2 Å². The highest BCUT2D eigenvalue weighted by molar-refractivity contribution is 9.10. The van der Waals surface area contributed by atoms with Gasteiger partial charge < -0.3 is 4.57 Å². The van der Waals surface area contributed by atoms with Crippen molar-refractivity contribution in [3.8, 4) is 0 Å². The Hall–Kier alpha value is -0.610. The molecule has 0 aromatic carbocycles. The molecule has 2 aromatic heterocycles. The Morgan fingerprint density at radius 3 is 2.85 bits per heavy atom. The second-order valence-electron chi connectivity index (χ2n) is 5.81. The molecule has 2 aromatic rings. The lowest BCUT2D eigenvalue weighted by Gasteiger charge is -2.22. The molecule has 0 aliphatic heterocycles. The smallest absolute Gasteiger partial charge is 0.160 e. The predicted octanol–water partition coefficient (Wildman–Crippen LogP) is 4.58. The Labute approximate surface area is 132 Å². The van der Waals surface area contributed by atoms with E-state index < -0.39 is 0 Å². The molecular weight excluding hydrogens is 338 g/mol. The molecule has 1 aliphatic carbocycles. The molecule has 5 heteroatoms. The number of hydrogen-bond donors (Lipinski definition) is 0. The van der Waals surface area contributed by atoms with E-state index in [0.717, 1.165) is 33.8 Å². The minimum atomic E-state index is 0.502. The van der Waals surface area contributed by atoms with Crippen LogP contribution in [0.1, 0.15) is 38.6 Å². The second kappa shape index (κ2) is 5.64. The van der Waals surface area contributed by atoms with Crippen molar-refractivity contribution in [2.45, 2.75) is 39.2 Å². The van der Waals surface area contributed by atoms with Gasteiger partial charge in [-0.3, -0.25) is 0 Å². The first kappa shape index (κ1) is 14.3. The average molecular weight is 357 g/mol. The molecule has 3 nitrogen and oxygen atoms in total. The van der Waals surface area contributed by atoms with E-state index in [-0.39, 0.29) is 0 Å². The zero-order valence-electron chi connectivity index (χ0n) is 11.8. The Morgan fingerprint density at radius 1 is 1.40 bits per heavy atom. The highest BCUT2D eigenvalue weighted by atomic mass is 79.9. The summed E-state index contributed by atoms with van der Waals surface area (Å²) in [4.78, 5) is 9.35. The van der Waals surface area contributed by atoms with Crippen molar-refractivity contribution in [2.75, 3.05) is 5.88 Å². The number of aryl methyl sites for hydroxylation is 1. The summed E-state index contributed by atoms with van der Waals surface area (Å²) >= 11 is 9.43. The van der Waals surface area contributed by atoms with E-state index in [0.29, 0.717) is 17.8 Å². The summed E-state index contributed by atoms with van der Waals surface area (Å²) in [6, 6.07) is 2.54. The Balaban J connectivity index is 2.14. The van der Waals surface area contributed by atoms with Gasteiger partial charge >= 0.3 is 0 Å². The maximum absolute atomic E-state index is 5.96. The third-order valence-electron chi connectivity index (χ3n) is 4.64. The number of nitrogens with zero attached hydrogens (tertiary/aromatic N) is 3. The van der Waals surface area contributed by atoms with Gasteiger partial charge in [-0.15, -0.1) is 11.6 Å². The zero-order chi connectivity index (χ0) is 14.3. The van der Waals surface area contributed by atoms with E-state index in [1.54, 1.807) is 0 Å². The van der Waals surface area contributed by atoms with Crippen LogP contribution < -0.4 is 0 Å². The molecule has 108 valence electrons. The lowest BCUT2D eigenvalue weighted by atomic mass is 9.97. The largest absolute Gasteiger partial charge is 0.309 e. The van der Waals surface area contributed by atoms with Gasteiger partial charge in [0.2, 0.25) is 0 Å². The van der Waals surface area contributed by atoms with E-state index in [2.05, 4.69) is 39.3 Å². The van der Waals surface area contributed by atoms with Gasteiger partial charge in [0.15, 0.2) is 5.65 Å². The van der Waals surface area contributed by atoms with Crippen molar-refractivity contribution in [1.82, 2.24) is 14.5 Å². The molecule has 1 saturated carbocycles. The lowest BCUT2D eigenvalue weighted by molar-refractivity contribution is 0.351. The molecule has 1 fully saturated rings. The van der Waals surface area contributed by atoms with Crippen molar-refractivity contribution >= 4 is 38.7 Å². The quantitative estimate of drug-likeness (QED) is 0.754. The number of alkyl halides is 1. The summed E-state index contributed by atoms with van der Waals surface area (Å²) in [7, 11) is 0. The number of fused-ring (bicyclic) bond motifs is 1. The highest BCUT2D eigenvalue weighted by Crippen LogP contribution is 2.41. The molecule has 0 N–H and O–H groups in total. The highest BCUT2D eigenvalue weighted by Gasteiger charge is 2.33. The third-order valence-corrected chi connectivity index (χ3v) is 5.26. The van der Waals surface area contributed by atoms with E-state index in [1.807, 2.05) is 12.3 Å². The Bertz CT molecular complexity index is 625. The van der Waals surface area contributed by atoms with Gasteiger partial charge in [-0.1, -0.05) is 13.8 Å². The summed E-state index contributed by atoms with van der Waals surface area (Å²) in [6.45, 7) is 4.69. The fraction of sp³-hybridized carbons (Fsp3) is 0.600. The molecule has 1 aliphatic rings. The number of hydrogen-bond acceptors (Lipinski definition) is 2. The standard InChI is InChI=1S/C15H19BrClN3/c1-9-3-4-13(10(9)2)20-14(5-6-17)19-12-7-11(16)8-18-15(12)20/h7-10,13H,3-6H2,1-2H3. The summed E-state index contributed by atoms with van der Waals surface area (Å²) in [5.74, 6) is 3.09. The number of halogens is 2. The van der Waals surface area contributed by atoms with Gasteiger partial charge in [0.05, 0.1) is 0 Å². The van der Waals surface area contributed by atoms with Crippen LogP contribution in [-0.2, 0) is 6.42 Å². The van der Waals surface area contributed by atoms with Crippen molar-refractivity contribution in [3.63, 3.8) is 0 Å². The number of rotatable bonds is 3. The Kier molecular flexibility index (Phi) is 4.04. The molecule has 0 saturated heterocycles. The van der Waals surface area contributed by atoms with Crippen molar-refractivity contribution in [3.05, 3.63) is 22.6 Å². The molecule has 20 heavy (non-hydrogen) atoms. The van der Waals surface area contributed by atoms with E-state index >= 15 is 0 Å². The van der Waals surface area contributed by atoms with Crippen molar-refractivity contribution in [1.29, 1.82) is 0 Å². The average Bonchev–Trinajstić information content (AvgIpc) is 2.91. The van der Waals surface area contributed by atoms with Crippen LogP contribution in [0, 0.1) is 11.8 Å². The normalized spacial score (nSPS) is 26.5. The maximum atomic E-state index is 5.96. The van der Waals surface area contributed by atoms with Gasteiger partial charge in [0.25, 0.3) is 0 Å². The Morgan fingerprint density at radius 2 is 2.20 bits per heavy atom. The SMILES string of the molecule is CC1CCC(n2c(CCCl)nc3cc(Br)cnc32)C1C. The van der Waals surface area contributed by atoms with Crippen molar-refractivity contribution < 1.29 is 0 Å². The van der Waals surface area contributed by atoms with Crippen LogP contribution in [0.4, 0.5) is 0 Å². The first-order valence-electron chi connectivity index (χ1n) is 7.20. The topological polar surface area (TPSA) is 30.7 Å². The summed E-state index contributed by atoms with van der Waals surface area (Å²) in [6.07, 6.45) is 5.14. The number of pyridine rings is 1. The molecule has 0 spiro atoms. The third kappa shape index (κ3) is 2.37. The van der Waals surface area contributed by atoms with Crippen LogP contribution in [-0.4, -0.2) is 20.4 Å². The molecule has 0 amide bonds. The van der Waals surface area contributed by atoms with Crippen LogP contribution in [0.2, 0.25) is 0 Å². The predicted molar refractivity (Wildman–Crippen MR) is 86.3 cm³/mol. The van der Waals surface area contributed by atoms with Crippen LogP contribution in [0.15, 0.2) is 16.7 Å². The lowest BCUT2D eigenvalue weighted by Crippen LogP contribution is -2.17. The van der Waals surface area contributed by atoms with Gasteiger partial charge in [-0.2, -0.15) is 0 Å². The van der Waals surface area contributed by atoms with Gasteiger partial charge in [0.1, 0.15) is 11.3 Å². The molecule has 3 atom stereocenters. The first-order valence-corrected chi connectivity index (χ1v) is 8.53. The fourth-order valence-electron chi connectivity index (χ4n) is 3.32. The minimum Gasteiger partial charge on any atom is -0.309 e. The van der Waals surface area contributed by atoms with Crippen LogP contribution >= 0.6 is 27.5 Å². The van der Waals surface area contributed by atoms with Crippen LogP contribution in [0.3, 0.4) is 0 Å². The minimum absolute atomic E-state index is 0.502. The molecule has 0 radical (unpaired) electrons. The summed E-state index contributed by atoms with van der Waals surface area (Å²) < 4.78 is 3.32. The van der Waals surface area contributed by atoms with Gasteiger partial charge in [-0.05, 0) is 46.7 Å². The molecule has 3 rings (SSSR count). The second-order valence-corrected chi connectivity index (χ2v) is 7.11. The number of aromatic nitrogens is 3. The number of imidazole rings is 1. The van der Waals surface area contributed by atoms with E-state index in [1.165, 1.54) is 12.8 Å². The summed E-state index contributed by atoms with van der Waals surface area (Å²) in [5.41, 5.74) is 1.96. The van der Waals surface area contributed by atoms with Gasteiger partial charge in [0, 0.05) is 29.0 Å². The van der Waals surface area contributed by atoms with Crippen molar-refractivity contribution in [2.24, 2.45) is 11.8 Å². The van der Waals surface area contributed by atoms with E-state index in [4.69, 9.17) is 16.6 Å². The molecule has 0 bridgehead atoms. The fourth-order valence-corrected chi connectivity index (χ4v) is 3.80. The molecular formula is C15H19BrClN3. The molecule has 2 heterocycles. The monoisotopic (exact) mass is 355 g/mol. The maximum Gasteiger partial charge on any atom is 0.160 e. The summed E-state index contributed by atoms with van der Waals surface area (Å²) in [5, 5.41) is 0. The van der Waals surface area contributed by atoms with Gasteiger partial charge in [-0.25, -0.2) is 9.97 Å².